The van der Waals surface area contributed by atoms with Crippen molar-refractivity contribution in [1.29, 1.82) is 0 Å². The highest BCUT2D eigenvalue weighted by Crippen LogP contribution is 2.54. The third-order valence-corrected chi connectivity index (χ3v) is 8.33. The first kappa shape index (κ1) is 26.0. The molecule has 0 bridgehead atoms. The van der Waals surface area contributed by atoms with Crippen LogP contribution in [0.2, 0.25) is 5.02 Å². The van der Waals surface area contributed by atoms with Crippen LogP contribution in [0.3, 0.4) is 0 Å². The number of methoxy groups -OCH3 is 2. The molecule has 2 saturated heterocycles. The smallest absolute Gasteiger partial charge is 0.303 e. The van der Waals surface area contributed by atoms with E-state index in [0.717, 1.165) is 5.56 Å². The van der Waals surface area contributed by atoms with Crippen molar-refractivity contribution in [3.63, 3.8) is 0 Å². The van der Waals surface area contributed by atoms with E-state index >= 15 is 0 Å². The highest BCUT2D eigenvalue weighted by atomic mass is 35.5. The maximum absolute atomic E-state index is 13.9. The molecule has 0 saturated carbocycles. The van der Waals surface area contributed by atoms with Gasteiger partial charge in [0.2, 0.25) is 17.7 Å². The number of benzene rings is 2. The van der Waals surface area contributed by atoms with Crippen LogP contribution < -0.4 is 20.1 Å². The quantitative estimate of drug-likeness (QED) is 0.434. The summed E-state index contributed by atoms with van der Waals surface area (Å²) in [5.41, 5.74) is 1.05. The number of fused-ring (bicyclic) bond motifs is 4. The molecule has 2 fully saturated rings. The highest BCUT2D eigenvalue weighted by molar-refractivity contribution is 6.32. The van der Waals surface area contributed by atoms with Crippen LogP contribution in [0, 0.1) is 18.8 Å². The number of carboxylic acid groups (broad SMARTS) is 1. The van der Waals surface area contributed by atoms with Gasteiger partial charge in [-0.2, -0.15) is 0 Å². The summed E-state index contributed by atoms with van der Waals surface area (Å²) >= 11 is 6.29. The molecule has 3 N–H and O–H groups in total. The molecular weight excluding hydrogens is 514 g/mol. The molecule has 10 nitrogen and oxygen atoms in total. The standard InChI is InChI=1S/C27H28ClN3O7/c1-13-16(28)6-5-15-23(13)29-26(36)27(15)22-21(17(30-27)7-9-20(32)33)24(34)31(25(22)35)11-10-14-4-8-18(37-2)19(12-14)38-3/h4-6,8,12,17,21-22,30H,7,9-11H2,1-3H3,(H,29,36)(H,32,33)/t17?,21-,22+,27?/m1/s1. The number of amides is 3. The second-order valence-corrected chi connectivity index (χ2v) is 10.2. The van der Waals surface area contributed by atoms with Crippen LogP contribution >= 0.6 is 11.6 Å². The van der Waals surface area contributed by atoms with Gasteiger partial charge in [-0.1, -0.05) is 23.7 Å². The third kappa shape index (κ3) is 3.82. The lowest BCUT2D eigenvalue weighted by Crippen LogP contribution is -2.53. The zero-order valence-electron chi connectivity index (χ0n) is 21.2. The summed E-state index contributed by atoms with van der Waals surface area (Å²) in [6.45, 7) is 1.88. The van der Waals surface area contributed by atoms with Gasteiger partial charge in [-0.3, -0.25) is 29.4 Å². The Morgan fingerprint density at radius 2 is 1.84 bits per heavy atom. The van der Waals surface area contributed by atoms with Crippen LogP contribution in [0.15, 0.2) is 30.3 Å². The fourth-order valence-electron chi connectivity index (χ4n) is 6.07. The van der Waals surface area contributed by atoms with Crippen LogP contribution in [0.5, 0.6) is 11.5 Å². The Morgan fingerprint density at radius 3 is 2.53 bits per heavy atom. The van der Waals surface area contributed by atoms with Crippen molar-refractivity contribution in [3.8, 4) is 11.5 Å². The molecule has 200 valence electrons. The first-order valence-corrected chi connectivity index (χ1v) is 12.7. The van der Waals surface area contributed by atoms with Gasteiger partial charge in [0.25, 0.3) is 0 Å². The van der Waals surface area contributed by atoms with Gasteiger partial charge in [-0.15, -0.1) is 0 Å². The Morgan fingerprint density at radius 1 is 1.11 bits per heavy atom. The Hall–Kier alpha value is -3.63. The number of imide groups is 1. The van der Waals surface area contributed by atoms with E-state index in [1.807, 2.05) is 6.07 Å². The number of hydrogen-bond acceptors (Lipinski definition) is 7. The monoisotopic (exact) mass is 541 g/mol. The van der Waals surface area contributed by atoms with Crippen molar-refractivity contribution in [2.75, 3.05) is 26.1 Å². The number of nitrogens with zero attached hydrogens (tertiary/aromatic N) is 1. The fraction of sp³-hybridized carbons (Fsp3) is 0.407. The molecule has 0 radical (unpaired) electrons. The average Bonchev–Trinajstić information content (AvgIpc) is 3.48. The predicted octanol–water partition coefficient (Wildman–Crippen LogP) is 2.49. The van der Waals surface area contributed by atoms with Gasteiger partial charge in [-0.25, -0.2) is 0 Å². The molecule has 2 unspecified atom stereocenters. The lowest BCUT2D eigenvalue weighted by molar-refractivity contribution is -0.143. The SMILES string of the molecule is COc1ccc(CCN2C(=O)[C@@H]3C(CCC(=O)O)NC4(C(=O)Nc5c4ccc(Cl)c5C)[C@@H]3C2=O)cc1OC. The predicted molar refractivity (Wildman–Crippen MR) is 137 cm³/mol. The van der Waals surface area contributed by atoms with Crippen molar-refractivity contribution < 1.29 is 33.8 Å². The lowest BCUT2D eigenvalue weighted by atomic mass is 9.76. The van der Waals surface area contributed by atoms with Gasteiger partial charge in [-0.05, 0) is 49.1 Å². The summed E-state index contributed by atoms with van der Waals surface area (Å²) in [4.78, 5) is 53.7. The Balaban J connectivity index is 1.50. The first-order chi connectivity index (χ1) is 18.1. The zero-order chi connectivity index (χ0) is 27.4. The molecule has 11 heteroatoms. The van der Waals surface area contributed by atoms with Crippen LogP contribution in [-0.2, 0) is 31.1 Å². The minimum absolute atomic E-state index is 0.0932. The number of carbonyl (C=O) groups excluding carboxylic acids is 3. The van der Waals surface area contributed by atoms with Crippen molar-refractivity contribution in [1.82, 2.24) is 10.2 Å². The topological polar surface area (TPSA) is 134 Å². The summed E-state index contributed by atoms with van der Waals surface area (Å²) in [7, 11) is 3.06. The molecule has 2 aromatic carbocycles. The number of aliphatic carboxylic acids is 1. The van der Waals surface area contributed by atoms with Gasteiger partial charge in [0.15, 0.2) is 11.5 Å². The average molecular weight is 542 g/mol. The number of hydrogen-bond donors (Lipinski definition) is 3. The summed E-state index contributed by atoms with van der Waals surface area (Å²) in [6, 6.07) is 8.05. The first-order valence-electron chi connectivity index (χ1n) is 12.3. The van der Waals surface area contributed by atoms with Gasteiger partial charge >= 0.3 is 5.97 Å². The fourth-order valence-corrected chi connectivity index (χ4v) is 6.23. The molecule has 3 aliphatic rings. The normalized spacial score (nSPS) is 25.5. The molecule has 4 atom stereocenters. The number of carbonyl (C=O) groups is 4. The zero-order valence-corrected chi connectivity index (χ0v) is 21.9. The number of nitrogens with one attached hydrogen (secondary N) is 2. The van der Waals surface area contributed by atoms with E-state index in [0.29, 0.717) is 39.8 Å². The second-order valence-electron chi connectivity index (χ2n) is 9.81. The van der Waals surface area contributed by atoms with Gasteiger partial charge < -0.3 is 19.9 Å². The van der Waals surface area contributed by atoms with Crippen molar-refractivity contribution in [2.45, 2.75) is 37.8 Å². The molecule has 0 aromatic heterocycles. The van der Waals surface area contributed by atoms with Crippen molar-refractivity contribution >= 4 is 41.0 Å². The van der Waals surface area contributed by atoms with E-state index in [1.165, 1.54) is 19.1 Å². The van der Waals surface area contributed by atoms with E-state index in [9.17, 15) is 24.3 Å². The van der Waals surface area contributed by atoms with E-state index in [-0.39, 0.29) is 19.4 Å². The summed E-state index contributed by atoms with van der Waals surface area (Å²) in [5.74, 6) is -3.13. The van der Waals surface area contributed by atoms with Crippen LogP contribution in [-0.4, -0.2) is 60.5 Å². The van der Waals surface area contributed by atoms with E-state index < -0.39 is 47.1 Å². The molecular formula is C27H28ClN3O7. The summed E-state index contributed by atoms with van der Waals surface area (Å²) in [6.07, 6.45) is 0.253. The highest BCUT2D eigenvalue weighted by Gasteiger charge is 2.70. The maximum atomic E-state index is 13.9. The molecule has 0 aliphatic carbocycles. The number of halogens is 1. The van der Waals surface area contributed by atoms with E-state index in [1.54, 1.807) is 31.2 Å². The minimum Gasteiger partial charge on any atom is -0.493 e. The second kappa shape index (κ2) is 9.59. The van der Waals surface area contributed by atoms with Gasteiger partial charge in [0, 0.05) is 29.6 Å². The molecule has 3 heterocycles. The molecule has 2 aromatic rings. The van der Waals surface area contributed by atoms with Crippen molar-refractivity contribution in [2.24, 2.45) is 11.8 Å². The van der Waals surface area contributed by atoms with Crippen LogP contribution in [0.4, 0.5) is 5.69 Å². The van der Waals surface area contributed by atoms with Crippen LogP contribution in [0.25, 0.3) is 0 Å². The van der Waals surface area contributed by atoms with E-state index in [2.05, 4.69) is 10.6 Å². The summed E-state index contributed by atoms with van der Waals surface area (Å²) in [5, 5.41) is 15.9. The maximum Gasteiger partial charge on any atom is 0.303 e. The lowest BCUT2D eigenvalue weighted by Gasteiger charge is -2.29. The number of likely N-dealkylation sites (tertiary alicyclic amines) is 1. The van der Waals surface area contributed by atoms with Crippen LogP contribution in [0.1, 0.15) is 29.5 Å². The summed E-state index contributed by atoms with van der Waals surface area (Å²) < 4.78 is 10.6. The Kier molecular flexibility index (Phi) is 6.56. The van der Waals surface area contributed by atoms with E-state index in [4.69, 9.17) is 21.1 Å². The third-order valence-electron chi connectivity index (χ3n) is 7.92. The Labute approximate surface area is 224 Å². The number of rotatable bonds is 8. The largest absolute Gasteiger partial charge is 0.493 e. The van der Waals surface area contributed by atoms with Gasteiger partial charge in [0.05, 0.1) is 31.7 Å². The van der Waals surface area contributed by atoms with Crippen molar-refractivity contribution in [3.05, 3.63) is 52.0 Å². The molecule has 3 aliphatic heterocycles. The number of anilines is 1. The Bertz CT molecular complexity index is 1360. The molecule has 3 amide bonds. The number of ether oxygens (including phenoxy) is 2. The molecule has 1 spiro atoms. The molecule has 38 heavy (non-hydrogen) atoms. The minimum atomic E-state index is -1.50. The number of carboxylic acids is 1. The molecule has 5 rings (SSSR count). The van der Waals surface area contributed by atoms with Gasteiger partial charge in [0.1, 0.15) is 5.54 Å².